The highest BCUT2D eigenvalue weighted by Gasteiger charge is 2.31. The molecule has 6 nitrogen and oxygen atoms in total. The molecule has 0 amide bonds. The van der Waals surface area contributed by atoms with E-state index in [-0.39, 0.29) is 5.60 Å². The van der Waals surface area contributed by atoms with Gasteiger partial charge < -0.3 is 15.4 Å². The third kappa shape index (κ3) is 2.38. The number of anilines is 2. The van der Waals surface area contributed by atoms with Gasteiger partial charge in [-0.15, -0.1) is 0 Å². The van der Waals surface area contributed by atoms with Crippen molar-refractivity contribution in [3.05, 3.63) is 5.82 Å². The van der Waals surface area contributed by atoms with Crippen LogP contribution in [0.15, 0.2) is 0 Å². The highest BCUT2D eigenvalue weighted by atomic mass is 16.5. The summed E-state index contributed by atoms with van der Waals surface area (Å²) in [5.41, 5.74) is 5.61. The normalized spacial score (nSPS) is 23.1. The molecule has 2 heterocycles. The van der Waals surface area contributed by atoms with Crippen LogP contribution in [0.2, 0.25) is 0 Å². The van der Waals surface area contributed by atoms with E-state index < -0.39 is 0 Å². The summed E-state index contributed by atoms with van der Waals surface area (Å²) in [6.07, 6.45) is 2.33. The smallest absolute Gasteiger partial charge is 0.230 e. The van der Waals surface area contributed by atoms with Crippen molar-refractivity contribution in [3.8, 4) is 0 Å². The Morgan fingerprint density at radius 3 is 2.72 bits per heavy atom. The number of aromatic nitrogens is 3. The van der Waals surface area contributed by atoms with Crippen LogP contribution in [0.1, 0.15) is 38.4 Å². The van der Waals surface area contributed by atoms with Gasteiger partial charge in [-0.25, -0.2) is 0 Å². The molecule has 1 saturated heterocycles. The summed E-state index contributed by atoms with van der Waals surface area (Å²) < 4.78 is 5.69. The van der Waals surface area contributed by atoms with Gasteiger partial charge in [0.05, 0.1) is 12.2 Å². The predicted octanol–water partition coefficient (Wildman–Crippen LogP) is 0.946. The number of nitrogens with zero attached hydrogens (tertiary/aromatic N) is 4. The lowest BCUT2D eigenvalue weighted by Crippen LogP contribution is -2.49. The monoisotopic (exact) mass is 249 g/mol. The number of rotatable bonds is 2. The molecule has 2 N–H and O–H groups in total. The van der Waals surface area contributed by atoms with E-state index in [4.69, 9.17) is 10.5 Å². The van der Waals surface area contributed by atoms with Gasteiger partial charge in [0.25, 0.3) is 0 Å². The van der Waals surface area contributed by atoms with Crippen LogP contribution in [0.5, 0.6) is 0 Å². The van der Waals surface area contributed by atoms with Gasteiger partial charge in [0.15, 0.2) is 0 Å². The van der Waals surface area contributed by atoms with Crippen molar-refractivity contribution in [1.29, 1.82) is 0 Å². The first-order chi connectivity index (χ1) is 8.53. The van der Waals surface area contributed by atoms with Gasteiger partial charge in [-0.1, -0.05) is 0 Å². The molecule has 0 aromatic carbocycles. The van der Waals surface area contributed by atoms with Crippen molar-refractivity contribution in [3.63, 3.8) is 0 Å². The zero-order valence-corrected chi connectivity index (χ0v) is 10.9. The Hall–Kier alpha value is -1.43. The Labute approximate surface area is 107 Å². The molecule has 0 bridgehead atoms. The van der Waals surface area contributed by atoms with E-state index in [1.54, 1.807) is 0 Å². The van der Waals surface area contributed by atoms with Crippen LogP contribution < -0.4 is 10.6 Å². The summed E-state index contributed by atoms with van der Waals surface area (Å²) >= 11 is 0. The third-order valence-corrected chi connectivity index (χ3v) is 3.31. The van der Waals surface area contributed by atoms with Crippen LogP contribution >= 0.6 is 0 Å². The highest BCUT2D eigenvalue weighted by Crippen LogP contribution is 2.38. The minimum Gasteiger partial charge on any atom is -0.372 e. The van der Waals surface area contributed by atoms with Crippen molar-refractivity contribution in [2.75, 3.05) is 30.3 Å². The second kappa shape index (κ2) is 4.05. The summed E-state index contributed by atoms with van der Waals surface area (Å²) in [6, 6.07) is 0. The fraction of sp³-hybridized carbons (Fsp3) is 0.750. The molecule has 0 atom stereocenters. The molecule has 3 rings (SSSR count). The number of hydrogen-bond acceptors (Lipinski definition) is 6. The largest absolute Gasteiger partial charge is 0.372 e. The minimum absolute atomic E-state index is 0.167. The fourth-order valence-electron chi connectivity index (χ4n) is 2.25. The molecule has 6 heteroatoms. The zero-order chi connectivity index (χ0) is 12.8. The molecule has 1 aromatic heterocycles. The van der Waals surface area contributed by atoms with Gasteiger partial charge in [0.2, 0.25) is 11.9 Å². The number of nitrogens with two attached hydrogens (primary N) is 1. The van der Waals surface area contributed by atoms with E-state index >= 15 is 0 Å². The van der Waals surface area contributed by atoms with Gasteiger partial charge in [-0.2, -0.15) is 15.0 Å². The summed E-state index contributed by atoms with van der Waals surface area (Å²) in [6.45, 7) is 6.42. The van der Waals surface area contributed by atoms with Gasteiger partial charge in [-0.05, 0) is 26.7 Å². The minimum atomic E-state index is -0.167. The molecule has 98 valence electrons. The highest BCUT2D eigenvalue weighted by molar-refractivity contribution is 5.36. The molecule has 1 saturated carbocycles. The number of morpholine rings is 1. The molecule has 1 aromatic rings. The number of hydrogen-bond donors (Lipinski definition) is 1. The van der Waals surface area contributed by atoms with Crippen LogP contribution in [0.4, 0.5) is 11.9 Å². The number of ether oxygens (including phenoxy) is 1. The molecule has 2 fully saturated rings. The molecule has 1 aliphatic carbocycles. The second-order valence-corrected chi connectivity index (χ2v) is 5.66. The van der Waals surface area contributed by atoms with Crippen LogP contribution in [-0.4, -0.2) is 40.2 Å². The Morgan fingerprint density at radius 2 is 2.06 bits per heavy atom. The topological polar surface area (TPSA) is 77.2 Å². The summed E-state index contributed by atoms with van der Waals surface area (Å²) in [5, 5.41) is 0. The molecule has 0 spiro atoms. The quantitative estimate of drug-likeness (QED) is 0.840. The summed E-state index contributed by atoms with van der Waals surface area (Å²) in [7, 11) is 0. The van der Waals surface area contributed by atoms with E-state index in [0.717, 1.165) is 31.8 Å². The average Bonchev–Trinajstić information content (AvgIpc) is 3.10. The average molecular weight is 249 g/mol. The van der Waals surface area contributed by atoms with Gasteiger partial charge in [-0.3, -0.25) is 0 Å². The SMILES string of the molecule is CC1(C)CN(c2nc(N)nc(C3CC3)n2)CCO1. The van der Waals surface area contributed by atoms with Crippen molar-refractivity contribution >= 4 is 11.9 Å². The third-order valence-electron chi connectivity index (χ3n) is 3.31. The summed E-state index contributed by atoms with van der Waals surface area (Å²) in [5.74, 6) is 2.36. The van der Waals surface area contributed by atoms with Gasteiger partial charge in [0, 0.05) is 19.0 Å². The van der Waals surface area contributed by atoms with Gasteiger partial charge >= 0.3 is 0 Å². The maximum absolute atomic E-state index is 5.78. The molecule has 1 aliphatic heterocycles. The Kier molecular flexibility index (Phi) is 2.62. The maximum atomic E-state index is 5.78. The molecular formula is C12H19N5O. The molecule has 0 unspecified atom stereocenters. The van der Waals surface area contributed by atoms with Crippen molar-refractivity contribution in [2.24, 2.45) is 0 Å². The van der Waals surface area contributed by atoms with Crippen LogP contribution in [0.3, 0.4) is 0 Å². The maximum Gasteiger partial charge on any atom is 0.230 e. The predicted molar refractivity (Wildman–Crippen MR) is 68.5 cm³/mol. The second-order valence-electron chi connectivity index (χ2n) is 5.66. The Morgan fingerprint density at radius 1 is 1.28 bits per heavy atom. The first-order valence-corrected chi connectivity index (χ1v) is 6.44. The molecule has 2 aliphatic rings. The van der Waals surface area contributed by atoms with Crippen LogP contribution in [-0.2, 0) is 4.74 Å². The Balaban J connectivity index is 1.86. The van der Waals surface area contributed by atoms with Crippen molar-refractivity contribution < 1.29 is 4.74 Å². The van der Waals surface area contributed by atoms with Gasteiger partial charge in [0.1, 0.15) is 5.82 Å². The number of nitrogen functional groups attached to an aromatic ring is 1. The lowest BCUT2D eigenvalue weighted by Gasteiger charge is -2.38. The van der Waals surface area contributed by atoms with E-state index in [0.29, 0.717) is 24.4 Å². The van der Waals surface area contributed by atoms with E-state index in [2.05, 4.69) is 33.7 Å². The van der Waals surface area contributed by atoms with Crippen molar-refractivity contribution in [2.45, 2.75) is 38.2 Å². The standard InChI is InChI=1S/C12H19N5O/c1-12(2)7-17(5-6-18-12)11-15-9(8-3-4-8)14-10(13)16-11/h8H,3-7H2,1-2H3,(H2,13,14,15,16). The van der Waals surface area contributed by atoms with E-state index in [1.165, 1.54) is 0 Å². The van der Waals surface area contributed by atoms with E-state index in [1.807, 2.05) is 0 Å². The zero-order valence-electron chi connectivity index (χ0n) is 10.9. The van der Waals surface area contributed by atoms with Crippen LogP contribution in [0.25, 0.3) is 0 Å². The fourth-order valence-corrected chi connectivity index (χ4v) is 2.25. The molecular weight excluding hydrogens is 230 g/mol. The lowest BCUT2D eigenvalue weighted by molar-refractivity contribution is -0.0281. The Bertz CT molecular complexity index is 458. The lowest BCUT2D eigenvalue weighted by atomic mass is 10.1. The summed E-state index contributed by atoms with van der Waals surface area (Å²) in [4.78, 5) is 15.2. The molecule has 0 radical (unpaired) electrons. The van der Waals surface area contributed by atoms with Crippen molar-refractivity contribution in [1.82, 2.24) is 15.0 Å². The van der Waals surface area contributed by atoms with Crippen LogP contribution in [0, 0.1) is 0 Å². The first kappa shape index (κ1) is 11.6. The van der Waals surface area contributed by atoms with E-state index in [9.17, 15) is 0 Å². The first-order valence-electron chi connectivity index (χ1n) is 6.44. The molecule has 18 heavy (non-hydrogen) atoms.